The van der Waals surface area contributed by atoms with Crippen molar-refractivity contribution in [3.05, 3.63) is 17.5 Å². The van der Waals surface area contributed by atoms with E-state index in [1.807, 2.05) is 24.7 Å². The summed E-state index contributed by atoms with van der Waals surface area (Å²) in [5.74, 6) is 0.0694. The molecule has 0 spiro atoms. The maximum absolute atomic E-state index is 12.1. The highest BCUT2D eigenvalue weighted by Crippen LogP contribution is 2.66. The molecule has 0 bridgehead atoms. The molecule has 2 rings (SSSR count). The fourth-order valence-corrected chi connectivity index (χ4v) is 3.48. The number of halogens is 2. The third-order valence-corrected chi connectivity index (χ3v) is 6.01. The molecule has 0 saturated heterocycles. The van der Waals surface area contributed by atoms with Crippen molar-refractivity contribution in [3.8, 4) is 0 Å². The molecule has 1 aromatic heterocycles. The molecular weight excluding hydrogens is 362 g/mol. The third-order valence-electron chi connectivity index (χ3n) is 3.70. The standard InChI is InChI=1S/C12H17Br2N3O/c1-4-17-8(2)9(6-16-17)5-15-10(18)11(3)7-12(11,13)14/h6H,4-5,7H2,1-3H3,(H,15,18)/t11-/m1/s1. The average Bonchev–Trinajstić information content (AvgIpc) is 2.67. The van der Waals surface area contributed by atoms with Gasteiger partial charge in [-0.1, -0.05) is 31.9 Å². The number of aromatic nitrogens is 2. The van der Waals surface area contributed by atoms with Gasteiger partial charge in [-0.3, -0.25) is 9.48 Å². The number of carbonyl (C=O) groups excluding carboxylic acids is 1. The highest BCUT2D eigenvalue weighted by Gasteiger charge is 2.66. The molecule has 1 atom stereocenters. The van der Waals surface area contributed by atoms with Gasteiger partial charge in [-0.25, -0.2) is 0 Å². The minimum Gasteiger partial charge on any atom is -0.351 e. The van der Waals surface area contributed by atoms with Crippen LogP contribution in [0.2, 0.25) is 0 Å². The molecule has 1 saturated carbocycles. The Kier molecular flexibility index (Phi) is 3.62. The molecule has 1 heterocycles. The second kappa shape index (κ2) is 4.63. The van der Waals surface area contributed by atoms with E-state index in [0.29, 0.717) is 6.54 Å². The van der Waals surface area contributed by atoms with Crippen LogP contribution < -0.4 is 5.32 Å². The second-order valence-electron chi connectivity index (χ2n) is 4.97. The lowest BCUT2D eigenvalue weighted by atomic mass is 10.1. The minimum absolute atomic E-state index is 0.0694. The number of hydrogen-bond acceptors (Lipinski definition) is 2. The zero-order chi connectivity index (χ0) is 13.6. The molecular formula is C12H17Br2N3O. The van der Waals surface area contributed by atoms with E-state index in [1.165, 1.54) is 0 Å². The SMILES string of the molecule is CCn1ncc(CNC(=O)[C@@]2(C)CC2(Br)Br)c1C. The first-order valence-electron chi connectivity index (χ1n) is 5.99. The molecule has 4 nitrogen and oxygen atoms in total. The minimum atomic E-state index is -0.359. The summed E-state index contributed by atoms with van der Waals surface area (Å²) in [6.07, 6.45) is 2.63. The molecule has 0 unspecified atom stereocenters. The lowest BCUT2D eigenvalue weighted by molar-refractivity contribution is -0.125. The lowest BCUT2D eigenvalue weighted by Gasteiger charge is -2.12. The normalized spacial score (nSPS) is 24.9. The average molecular weight is 379 g/mol. The Bertz CT molecular complexity index is 484. The van der Waals surface area contributed by atoms with Gasteiger partial charge in [0, 0.05) is 24.3 Å². The van der Waals surface area contributed by atoms with Crippen LogP contribution in [0.4, 0.5) is 0 Å². The van der Waals surface area contributed by atoms with Gasteiger partial charge in [0.1, 0.15) is 0 Å². The zero-order valence-corrected chi connectivity index (χ0v) is 13.9. The number of aryl methyl sites for hydroxylation is 1. The van der Waals surface area contributed by atoms with E-state index in [9.17, 15) is 4.79 Å². The number of hydrogen-bond donors (Lipinski definition) is 1. The van der Waals surface area contributed by atoms with Gasteiger partial charge < -0.3 is 5.32 Å². The molecule has 1 aliphatic rings. The van der Waals surface area contributed by atoms with Gasteiger partial charge in [0.2, 0.25) is 5.91 Å². The molecule has 1 aliphatic carbocycles. The first kappa shape index (κ1) is 14.1. The second-order valence-corrected chi connectivity index (χ2v) is 8.74. The van der Waals surface area contributed by atoms with Gasteiger partial charge in [0.15, 0.2) is 0 Å². The van der Waals surface area contributed by atoms with Crippen LogP contribution in [0.15, 0.2) is 6.20 Å². The molecule has 18 heavy (non-hydrogen) atoms. The van der Waals surface area contributed by atoms with Crippen molar-refractivity contribution < 1.29 is 4.79 Å². The molecule has 1 aromatic rings. The Morgan fingerprint density at radius 2 is 2.22 bits per heavy atom. The van der Waals surface area contributed by atoms with Crippen LogP contribution in [-0.4, -0.2) is 18.9 Å². The monoisotopic (exact) mass is 377 g/mol. The molecule has 1 amide bonds. The van der Waals surface area contributed by atoms with Gasteiger partial charge >= 0.3 is 0 Å². The molecule has 0 aliphatic heterocycles. The Balaban J connectivity index is 1.96. The predicted octanol–water partition coefficient (Wildman–Crippen LogP) is 2.72. The van der Waals surface area contributed by atoms with Crippen LogP contribution in [0, 0.1) is 12.3 Å². The van der Waals surface area contributed by atoms with Crippen molar-refractivity contribution in [2.75, 3.05) is 0 Å². The predicted molar refractivity (Wildman–Crippen MR) is 77.8 cm³/mol. The Hall–Kier alpha value is -0.360. The molecule has 0 radical (unpaired) electrons. The summed E-state index contributed by atoms with van der Waals surface area (Å²) in [7, 11) is 0. The number of nitrogens with zero attached hydrogens (tertiary/aromatic N) is 2. The van der Waals surface area contributed by atoms with E-state index in [1.54, 1.807) is 0 Å². The molecule has 100 valence electrons. The van der Waals surface area contributed by atoms with Gasteiger partial charge in [-0.15, -0.1) is 0 Å². The third kappa shape index (κ3) is 2.25. The van der Waals surface area contributed by atoms with E-state index in [-0.39, 0.29) is 14.6 Å². The molecule has 6 heteroatoms. The summed E-state index contributed by atoms with van der Waals surface area (Å²) >= 11 is 7.01. The smallest absolute Gasteiger partial charge is 0.228 e. The van der Waals surface area contributed by atoms with Crippen molar-refractivity contribution in [2.24, 2.45) is 5.41 Å². The van der Waals surface area contributed by atoms with E-state index >= 15 is 0 Å². The molecule has 1 fully saturated rings. The fraction of sp³-hybridized carbons (Fsp3) is 0.667. The lowest BCUT2D eigenvalue weighted by Crippen LogP contribution is -2.32. The van der Waals surface area contributed by atoms with E-state index in [0.717, 1.165) is 24.2 Å². The maximum atomic E-state index is 12.1. The van der Waals surface area contributed by atoms with Crippen molar-refractivity contribution in [3.63, 3.8) is 0 Å². The van der Waals surface area contributed by atoms with E-state index in [2.05, 4.69) is 49.2 Å². The van der Waals surface area contributed by atoms with Crippen molar-refractivity contribution in [1.82, 2.24) is 15.1 Å². The number of rotatable bonds is 4. The van der Waals surface area contributed by atoms with Crippen molar-refractivity contribution >= 4 is 37.8 Å². The number of nitrogens with one attached hydrogen (secondary N) is 1. The summed E-state index contributed by atoms with van der Waals surface area (Å²) < 4.78 is 1.69. The topological polar surface area (TPSA) is 46.9 Å². The van der Waals surface area contributed by atoms with Crippen LogP contribution in [0.3, 0.4) is 0 Å². The van der Waals surface area contributed by atoms with E-state index < -0.39 is 0 Å². The van der Waals surface area contributed by atoms with Gasteiger partial charge in [0.05, 0.1) is 14.8 Å². The highest BCUT2D eigenvalue weighted by molar-refractivity contribution is 9.25. The Morgan fingerprint density at radius 3 is 2.67 bits per heavy atom. The number of carbonyl (C=O) groups is 1. The van der Waals surface area contributed by atoms with Gasteiger partial charge in [-0.2, -0.15) is 5.10 Å². The number of amides is 1. The molecule has 1 N–H and O–H groups in total. The Labute approximate surface area is 124 Å². The van der Waals surface area contributed by atoms with Crippen molar-refractivity contribution in [1.29, 1.82) is 0 Å². The van der Waals surface area contributed by atoms with Gasteiger partial charge in [-0.05, 0) is 27.2 Å². The van der Waals surface area contributed by atoms with Crippen LogP contribution in [-0.2, 0) is 17.9 Å². The summed E-state index contributed by atoms with van der Waals surface area (Å²) in [5, 5.41) is 7.25. The maximum Gasteiger partial charge on any atom is 0.228 e. The summed E-state index contributed by atoms with van der Waals surface area (Å²) in [4.78, 5) is 12.1. The highest BCUT2D eigenvalue weighted by atomic mass is 79.9. The van der Waals surface area contributed by atoms with Crippen LogP contribution in [0.1, 0.15) is 31.5 Å². The number of alkyl halides is 2. The van der Waals surface area contributed by atoms with Gasteiger partial charge in [0.25, 0.3) is 0 Å². The zero-order valence-electron chi connectivity index (χ0n) is 10.8. The summed E-state index contributed by atoms with van der Waals surface area (Å²) in [6, 6.07) is 0. The van der Waals surface area contributed by atoms with Crippen LogP contribution >= 0.6 is 31.9 Å². The fourth-order valence-electron chi connectivity index (χ4n) is 1.99. The Morgan fingerprint density at radius 1 is 1.61 bits per heavy atom. The summed E-state index contributed by atoms with van der Waals surface area (Å²) in [5.41, 5.74) is 1.83. The quantitative estimate of drug-likeness (QED) is 0.819. The van der Waals surface area contributed by atoms with Crippen LogP contribution in [0.25, 0.3) is 0 Å². The first-order valence-corrected chi connectivity index (χ1v) is 7.58. The van der Waals surface area contributed by atoms with E-state index in [4.69, 9.17) is 0 Å². The van der Waals surface area contributed by atoms with Crippen molar-refractivity contribution in [2.45, 2.75) is 43.5 Å². The largest absolute Gasteiger partial charge is 0.351 e. The van der Waals surface area contributed by atoms with Crippen LogP contribution in [0.5, 0.6) is 0 Å². The first-order chi connectivity index (χ1) is 8.32. The molecule has 0 aromatic carbocycles. The summed E-state index contributed by atoms with van der Waals surface area (Å²) in [6.45, 7) is 7.42.